The number of hydrogen-bond donors (Lipinski definition) is 0. The van der Waals surface area contributed by atoms with Crippen molar-refractivity contribution in [2.45, 2.75) is 30.8 Å². The molecular weight excluding hydrogens is 374 g/mol. The Hall–Kier alpha value is -2.80. The van der Waals surface area contributed by atoms with Crippen molar-refractivity contribution in [2.75, 3.05) is 14.2 Å². The fraction of sp³-hybridized carbons (Fsp3) is 0.286. The molecule has 0 saturated carbocycles. The van der Waals surface area contributed by atoms with E-state index >= 15 is 0 Å². The highest BCUT2D eigenvalue weighted by atomic mass is 32.2. The van der Waals surface area contributed by atoms with E-state index in [1.54, 1.807) is 7.11 Å². The molecule has 0 saturated heterocycles. The van der Waals surface area contributed by atoms with E-state index in [4.69, 9.17) is 9.47 Å². The van der Waals surface area contributed by atoms with E-state index in [1.807, 2.05) is 66.9 Å². The molecule has 7 heteroatoms. The summed E-state index contributed by atoms with van der Waals surface area (Å²) in [6, 6.07) is 15.5. The topological polar surface area (TPSA) is 66.2 Å². The molecule has 0 spiro atoms. The van der Waals surface area contributed by atoms with Crippen LogP contribution in [0.4, 0.5) is 0 Å². The van der Waals surface area contributed by atoms with Gasteiger partial charge in [-0.1, -0.05) is 48.2 Å². The minimum atomic E-state index is -0.522. The maximum Gasteiger partial charge on any atom is 0.323 e. The number of rotatable bonds is 7. The van der Waals surface area contributed by atoms with E-state index in [0.717, 1.165) is 22.4 Å². The van der Waals surface area contributed by atoms with Gasteiger partial charge in [0.05, 0.1) is 19.8 Å². The number of carbonyl (C=O) groups excluding carboxylic acids is 1. The van der Waals surface area contributed by atoms with Gasteiger partial charge in [0.15, 0.2) is 11.0 Å². The number of para-hydroxylation sites is 1. The number of ether oxygens (including phenoxy) is 2. The SMILES string of the molecule is CCn1c(S[C@@H](C(=O)OC)c2ccccc2C)nnc1-c1ccccc1OC. The molecular formula is C21H23N3O3S. The van der Waals surface area contributed by atoms with Crippen LogP contribution in [0.15, 0.2) is 53.7 Å². The van der Waals surface area contributed by atoms with Crippen molar-refractivity contribution >= 4 is 17.7 Å². The van der Waals surface area contributed by atoms with E-state index < -0.39 is 5.25 Å². The quantitative estimate of drug-likeness (QED) is 0.438. The third-order valence-corrected chi connectivity index (χ3v) is 5.69. The zero-order valence-corrected chi connectivity index (χ0v) is 17.2. The predicted octanol–water partition coefficient (Wildman–Crippen LogP) is 4.29. The Morgan fingerprint density at radius 3 is 2.50 bits per heavy atom. The molecule has 0 aliphatic heterocycles. The molecule has 6 nitrogen and oxygen atoms in total. The maximum atomic E-state index is 12.5. The number of benzene rings is 2. The van der Waals surface area contributed by atoms with Crippen LogP contribution in [0.5, 0.6) is 5.75 Å². The van der Waals surface area contributed by atoms with Crippen molar-refractivity contribution in [1.82, 2.24) is 14.8 Å². The first kappa shape index (κ1) is 19.9. The predicted molar refractivity (Wildman–Crippen MR) is 109 cm³/mol. The van der Waals surface area contributed by atoms with Crippen molar-refractivity contribution in [2.24, 2.45) is 0 Å². The molecule has 146 valence electrons. The highest BCUT2D eigenvalue weighted by Crippen LogP contribution is 2.39. The van der Waals surface area contributed by atoms with E-state index in [0.29, 0.717) is 17.5 Å². The van der Waals surface area contributed by atoms with Gasteiger partial charge in [0.1, 0.15) is 11.0 Å². The minimum absolute atomic E-state index is 0.316. The van der Waals surface area contributed by atoms with Crippen LogP contribution in [-0.4, -0.2) is 35.0 Å². The standard InChI is InChI=1S/C21H23N3O3S/c1-5-24-19(16-12-8-9-13-17(16)26-3)22-23-21(24)28-18(20(25)27-4)15-11-7-6-10-14(15)2/h6-13,18H,5H2,1-4H3/t18-/m1/s1. The Kier molecular flexibility index (Phi) is 6.36. The van der Waals surface area contributed by atoms with Crippen molar-refractivity contribution in [3.05, 3.63) is 59.7 Å². The van der Waals surface area contributed by atoms with Crippen LogP contribution in [-0.2, 0) is 16.1 Å². The van der Waals surface area contributed by atoms with Crippen molar-refractivity contribution in [3.63, 3.8) is 0 Å². The van der Waals surface area contributed by atoms with Gasteiger partial charge in [-0.3, -0.25) is 4.79 Å². The summed E-state index contributed by atoms with van der Waals surface area (Å²) in [6.45, 7) is 4.66. The molecule has 2 aromatic carbocycles. The van der Waals surface area contributed by atoms with Crippen molar-refractivity contribution in [1.29, 1.82) is 0 Å². The molecule has 0 amide bonds. The fourth-order valence-corrected chi connectivity index (χ4v) is 4.25. The van der Waals surface area contributed by atoms with E-state index in [2.05, 4.69) is 10.2 Å². The van der Waals surface area contributed by atoms with Crippen LogP contribution in [0.1, 0.15) is 23.3 Å². The van der Waals surface area contributed by atoms with Crippen LogP contribution in [0.2, 0.25) is 0 Å². The van der Waals surface area contributed by atoms with E-state index in [1.165, 1.54) is 18.9 Å². The first-order valence-corrected chi connectivity index (χ1v) is 9.85. The molecule has 0 radical (unpaired) electrons. The number of thioether (sulfide) groups is 1. The number of nitrogens with zero attached hydrogens (tertiary/aromatic N) is 3. The lowest BCUT2D eigenvalue weighted by molar-refractivity contribution is -0.140. The zero-order chi connectivity index (χ0) is 20.1. The molecule has 0 bridgehead atoms. The minimum Gasteiger partial charge on any atom is -0.496 e. The van der Waals surface area contributed by atoms with Gasteiger partial charge >= 0.3 is 5.97 Å². The third-order valence-electron chi connectivity index (χ3n) is 4.49. The van der Waals surface area contributed by atoms with Crippen LogP contribution in [0.25, 0.3) is 11.4 Å². The molecule has 0 N–H and O–H groups in total. The van der Waals surface area contributed by atoms with Crippen molar-refractivity contribution < 1.29 is 14.3 Å². The summed E-state index contributed by atoms with van der Waals surface area (Å²) in [5, 5.41) is 8.88. The molecule has 0 fully saturated rings. The summed E-state index contributed by atoms with van der Waals surface area (Å²) in [4.78, 5) is 12.5. The van der Waals surface area contributed by atoms with Crippen LogP contribution in [0, 0.1) is 6.92 Å². The first-order valence-electron chi connectivity index (χ1n) is 8.97. The second-order valence-corrected chi connectivity index (χ2v) is 7.20. The second-order valence-electron chi connectivity index (χ2n) is 6.13. The zero-order valence-electron chi connectivity index (χ0n) is 16.4. The summed E-state index contributed by atoms with van der Waals surface area (Å²) in [5.74, 6) is 1.12. The lowest BCUT2D eigenvalue weighted by atomic mass is 10.1. The molecule has 3 rings (SSSR count). The smallest absolute Gasteiger partial charge is 0.323 e. The van der Waals surface area contributed by atoms with Gasteiger partial charge in [0, 0.05) is 6.54 Å². The number of hydrogen-bond acceptors (Lipinski definition) is 6. The van der Waals surface area contributed by atoms with Gasteiger partial charge in [-0.2, -0.15) is 0 Å². The Morgan fingerprint density at radius 2 is 1.82 bits per heavy atom. The fourth-order valence-electron chi connectivity index (χ4n) is 3.02. The summed E-state index contributed by atoms with van der Waals surface area (Å²) in [7, 11) is 3.03. The van der Waals surface area contributed by atoms with Crippen molar-refractivity contribution in [3.8, 4) is 17.1 Å². The number of aryl methyl sites for hydroxylation is 1. The van der Waals surface area contributed by atoms with Gasteiger partial charge in [-0.05, 0) is 37.1 Å². The molecule has 0 unspecified atom stereocenters. The Balaban J connectivity index is 2.02. The Morgan fingerprint density at radius 1 is 1.11 bits per heavy atom. The molecule has 1 aromatic heterocycles. The average Bonchev–Trinajstić information content (AvgIpc) is 3.14. The largest absolute Gasteiger partial charge is 0.496 e. The molecule has 0 aliphatic rings. The van der Waals surface area contributed by atoms with Gasteiger partial charge in [-0.25, -0.2) is 0 Å². The van der Waals surface area contributed by atoms with Gasteiger partial charge in [0.2, 0.25) is 0 Å². The molecule has 1 atom stereocenters. The van der Waals surface area contributed by atoms with E-state index in [-0.39, 0.29) is 5.97 Å². The maximum absolute atomic E-state index is 12.5. The Labute approximate surface area is 168 Å². The highest BCUT2D eigenvalue weighted by Gasteiger charge is 2.28. The molecule has 1 heterocycles. The molecule has 0 aliphatic carbocycles. The summed E-state index contributed by atoms with van der Waals surface area (Å²) < 4.78 is 12.5. The van der Waals surface area contributed by atoms with Crippen LogP contribution in [0.3, 0.4) is 0 Å². The highest BCUT2D eigenvalue weighted by molar-refractivity contribution is 8.00. The first-order chi connectivity index (χ1) is 13.6. The van der Waals surface area contributed by atoms with Gasteiger partial charge in [0.25, 0.3) is 0 Å². The lowest BCUT2D eigenvalue weighted by Gasteiger charge is -2.17. The van der Waals surface area contributed by atoms with Crippen LogP contribution < -0.4 is 4.74 Å². The lowest BCUT2D eigenvalue weighted by Crippen LogP contribution is -2.13. The van der Waals surface area contributed by atoms with Crippen LogP contribution >= 0.6 is 11.8 Å². The summed E-state index contributed by atoms with van der Waals surface area (Å²) >= 11 is 1.34. The number of methoxy groups -OCH3 is 2. The van der Waals surface area contributed by atoms with Gasteiger partial charge in [-0.15, -0.1) is 10.2 Å². The number of aromatic nitrogens is 3. The van der Waals surface area contributed by atoms with Gasteiger partial charge < -0.3 is 14.0 Å². The summed E-state index contributed by atoms with van der Waals surface area (Å²) in [5.41, 5.74) is 2.79. The third kappa shape index (κ3) is 3.89. The Bertz CT molecular complexity index is 971. The molecule has 28 heavy (non-hydrogen) atoms. The monoisotopic (exact) mass is 397 g/mol. The normalized spacial score (nSPS) is 11.9. The number of esters is 1. The van der Waals surface area contributed by atoms with E-state index in [9.17, 15) is 4.79 Å². The number of carbonyl (C=O) groups is 1. The molecule has 3 aromatic rings. The average molecular weight is 398 g/mol. The summed E-state index contributed by atoms with van der Waals surface area (Å²) in [6.07, 6.45) is 0. The second kappa shape index (κ2) is 8.93.